The Hall–Kier alpha value is -1.66. The number of halogens is 1. The van der Waals surface area contributed by atoms with E-state index < -0.39 is 11.7 Å². The summed E-state index contributed by atoms with van der Waals surface area (Å²) in [7, 11) is 0. The summed E-state index contributed by atoms with van der Waals surface area (Å²) < 4.78 is 25.0. The van der Waals surface area contributed by atoms with E-state index in [4.69, 9.17) is 15.2 Å². The number of primary amides is 1. The minimum Gasteiger partial charge on any atom is -0.488 e. The standard InChI is InChI=1S/C14H19FN2O3/c1-14(2)8-17-6-10(20-14)7-19-12-4-3-9(13(16)18)5-11(12)15/h3-5,10,17H,6-8H2,1-2H3,(H2,16,18). The smallest absolute Gasteiger partial charge is 0.248 e. The van der Waals surface area contributed by atoms with E-state index in [1.54, 1.807) is 0 Å². The van der Waals surface area contributed by atoms with Gasteiger partial charge < -0.3 is 20.5 Å². The van der Waals surface area contributed by atoms with Crippen LogP contribution in [-0.2, 0) is 4.74 Å². The molecule has 1 saturated heterocycles. The van der Waals surface area contributed by atoms with E-state index in [9.17, 15) is 9.18 Å². The summed E-state index contributed by atoms with van der Waals surface area (Å²) in [5.74, 6) is -1.19. The van der Waals surface area contributed by atoms with Crippen LogP contribution in [0.25, 0.3) is 0 Å². The molecule has 0 aromatic heterocycles. The Bertz CT molecular complexity index is 505. The van der Waals surface area contributed by atoms with Gasteiger partial charge in [0.15, 0.2) is 11.6 Å². The number of nitrogens with two attached hydrogens (primary N) is 1. The number of hydrogen-bond donors (Lipinski definition) is 2. The summed E-state index contributed by atoms with van der Waals surface area (Å²) in [6.07, 6.45) is -0.144. The van der Waals surface area contributed by atoms with Crippen molar-refractivity contribution in [2.45, 2.75) is 25.6 Å². The zero-order chi connectivity index (χ0) is 14.8. The molecular formula is C14H19FN2O3. The van der Waals surface area contributed by atoms with Gasteiger partial charge in [-0.1, -0.05) is 0 Å². The van der Waals surface area contributed by atoms with E-state index in [-0.39, 0.29) is 29.6 Å². The van der Waals surface area contributed by atoms with E-state index in [2.05, 4.69) is 5.32 Å². The van der Waals surface area contributed by atoms with Crippen LogP contribution < -0.4 is 15.8 Å². The molecule has 3 N–H and O–H groups in total. The Morgan fingerprint density at radius 2 is 2.35 bits per heavy atom. The predicted octanol–water partition coefficient (Wildman–Crippen LogP) is 1.07. The van der Waals surface area contributed by atoms with E-state index in [0.717, 1.165) is 12.6 Å². The van der Waals surface area contributed by atoms with Gasteiger partial charge in [0.25, 0.3) is 0 Å². The molecule has 20 heavy (non-hydrogen) atoms. The highest BCUT2D eigenvalue weighted by atomic mass is 19.1. The number of nitrogens with one attached hydrogen (secondary N) is 1. The van der Waals surface area contributed by atoms with Gasteiger partial charge in [-0.05, 0) is 32.0 Å². The Labute approximate surface area is 117 Å². The van der Waals surface area contributed by atoms with Crippen molar-refractivity contribution in [3.63, 3.8) is 0 Å². The molecule has 0 radical (unpaired) electrons. The second kappa shape index (κ2) is 5.76. The molecule has 0 aliphatic carbocycles. The third-order valence-electron chi connectivity index (χ3n) is 3.05. The van der Waals surface area contributed by atoms with Crippen LogP contribution in [0, 0.1) is 5.82 Å². The average molecular weight is 282 g/mol. The Morgan fingerprint density at radius 1 is 1.60 bits per heavy atom. The summed E-state index contributed by atoms with van der Waals surface area (Å²) in [5, 5.41) is 3.24. The van der Waals surface area contributed by atoms with Crippen molar-refractivity contribution in [3.05, 3.63) is 29.6 Å². The topological polar surface area (TPSA) is 73.6 Å². The fourth-order valence-corrected chi connectivity index (χ4v) is 2.12. The first kappa shape index (κ1) is 14.7. The highest BCUT2D eigenvalue weighted by Crippen LogP contribution is 2.20. The normalized spacial score (nSPS) is 21.4. The van der Waals surface area contributed by atoms with Crippen molar-refractivity contribution >= 4 is 5.91 Å². The van der Waals surface area contributed by atoms with E-state index in [0.29, 0.717) is 6.54 Å². The van der Waals surface area contributed by atoms with Gasteiger partial charge in [-0.2, -0.15) is 0 Å². The quantitative estimate of drug-likeness (QED) is 0.866. The van der Waals surface area contributed by atoms with Crippen LogP contribution >= 0.6 is 0 Å². The van der Waals surface area contributed by atoms with Gasteiger partial charge in [0.05, 0.1) is 5.60 Å². The molecule has 1 aliphatic heterocycles. The first-order chi connectivity index (χ1) is 9.37. The molecule has 0 bridgehead atoms. The lowest BCUT2D eigenvalue weighted by Gasteiger charge is -2.36. The number of amides is 1. The van der Waals surface area contributed by atoms with Gasteiger partial charge in [-0.25, -0.2) is 4.39 Å². The number of carbonyl (C=O) groups is 1. The van der Waals surface area contributed by atoms with E-state index in [1.807, 2.05) is 13.8 Å². The second-order valence-corrected chi connectivity index (χ2v) is 5.45. The summed E-state index contributed by atoms with van der Waals surface area (Å²) >= 11 is 0. The van der Waals surface area contributed by atoms with Gasteiger partial charge in [0.2, 0.25) is 5.91 Å². The number of hydrogen-bond acceptors (Lipinski definition) is 4. The molecule has 1 amide bonds. The molecule has 6 heteroatoms. The minimum absolute atomic E-state index is 0.0852. The van der Waals surface area contributed by atoms with Gasteiger partial charge >= 0.3 is 0 Å². The van der Waals surface area contributed by atoms with Crippen molar-refractivity contribution < 1.29 is 18.7 Å². The number of benzene rings is 1. The molecule has 0 saturated carbocycles. The van der Waals surface area contributed by atoms with Crippen molar-refractivity contribution in [2.75, 3.05) is 19.7 Å². The maximum absolute atomic E-state index is 13.7. The molecule has 1 fully saturated rings. The van der Waals surface area contributed by atoms with Gasteiger partial charge in [-0.3, -0.25) is 4.79 Å². The molecule has 1 aromatic rings. The maximum atomic E-state index is 13.7. The number of carbonyl (C=O) groups excluding carboxylic acids is 1. The minimum atomic E-state index is -0.669. The molecule has 5 nitrogen and oxygen atoms in total. The van der Waals surface area contributed by atoms with Gasteiger partial charge in [0, 0.05) is 18.7 Å². The summed E-state index contributed by atoms with van der Waals surface area (Å²) in [5.41, 5.74) is 4.93. The maximum Gasteiger partial charge on any atom is 0.248 e. The van der Waals surface area contributed by atoms with Crippen LogP contribution in [0.15, 0.2) is 18.2 Å². The first-order valence-electron chi connectivity index (χ1n) is 6.48. The molecule has 1 aromatic carbocycles. The van der Waals surface area contributed by atoms with Crippen LogP contribution in [0.2, 0.25) is 0 Å². The number of ether oxygens (including phenoxy) is 2. The van der Waals surface area contributed by atoms with Gasteiger partial charge in [-0.15, -0.1) is 0 Å². The SMILES string of the molecule is CC1(C)CNCC(COc2ccc(C(N)=O)cc2F)O1. The largest absolute Gasteiger partial charge is 0.488 e. The first-order valence-corrected chi connectivity index (χ1v) is 6.48. The van der Waals surface area contributed by atoms with Crippen LogP contribution in [0.5, 0.6) is 5.75 Å². The highest BCUT2D eigenvalue weighted by molar-refractivity contribution is 5.92. The third kappa shape index (κ3) is 3.68. The lowest BCUT2D eigenvalue weighted by molar-refractivity contribution is -0.107. The molecule has 110 valence electrons. The third-order valence-corrected chi connectivity index (χ3v) is 3.05. The van der Waals surface area contributed by atoms with Crippen LogP contribution in [0.4, 0.5) is 4.39 Å². The number of rotatable bonds is 4. The molecule has 1 unspecified atom stereocenters. The molecule has 1 atom stereocenters. The lowest BCUT2D eigenvalue weighted by Crippen LogP contribution is -2.52. The zero-order valence-electron chi connectivity index (χ0n) is 11.6. The Morgan fingerprint density at radius 3 is 2.95 bits per heavy atom. The van der Waals surface area contributed by atoms with Crippen molar-refractivity contribution in [1.82, 2.24) is 5.32 Å². The highest BCUT2D eigenvalue weighted by Gasteiger charge is 2.28. The Balaban J connectivity index is 1.95. The molecule has 1 heterocycles. The zero-order valence-corrected chi connectivity index (χ0v) is 11.6. The van der Waals surface area contributed by atoms with Crippen molar-refractivity contribution in [2.24, 2.45) is 5.73 Å². The lowest BCUT2D eigenvalue weighted by atomic mass is 10.1. The fraction of sp³-hybridized carbons (Fsp3) is 0.500. The average Bonchev–Trinajstić information content (AvgIpc) is 2.36. The second-order valence-electron chi connectivity index (χ2n) is 5.45. The molecule has 0 spiro atoms. The van der Waals surface area contributed by atoms with E-state index >= 15 is 0 Å². The fourth-order valence-electron chi connectivity index (χ4n) is 2.12. The molecular weight excluding hydrogens is 263 g/mol. The predicted molar refractivity (Wildman–Crippen MR) is 72.2 cm³/mol. The molecule has 2 rings (SSSR count). The summed E-state index contributed by atoms with van der Waals surface area (Å²) in [4.78, 5) is 10.9. The van der Waals surface area contributed by atoms with Crippen molar-refractivity contribution in [1.29, 1.82) is 0 Å². The van der Waals surface area contributed by atoms with Crippen molar-refractivity contribution in [3.8, 4) is 5.75 Å². The Kier molecular flexibility index (Phi) is 4.25. The monoisotopic (exact) mass is 282 g/mol. The molecule has 1 aliphatic rings. The van der Waals surface area contributed by atoms with Crippen LogP contribution in [0.1, 0.15) is 24.2 Å². The summed E-state index contributed by atoms with van der Waals surface area (Å²) in [6, 6.07) is 3.91. The van der Waals surface area contributed by atoms with Crippen LogP contribution in [-0.4, -0.2) is 37.3 Å². The van der Waals surface area contributed by atoms with Crippen LogP contribution in [0.3, 0.4) is 0 Å². The van der Waals surface area contributed by atoms with E-state index in [1.165, 1.54) is 12.1 Å². The van der Waals surface area contributed by atoms with Gasteiger partial charge in [0.1, 0.15) is 12.7 Å². The summed E-state index contributed by atoms with van der Waals surface area (Å²) in [6.45, 7) is 5.63. The number of morpholine rings is 1.